The second kappa shape index (κ2) is 7.61. The highest BCUT2D eigenvalue weighted by Crippen LogP contribution is 2.42. The number of piperazine rings is 1. The number of aromatic nitrogens is 2. The van der Waals surface area contributed by atoms with Crippen molar-refractivity contribution < 1.29 is 9.53 Å². The SMILES string of the molecule is CCn1cncc1CN1C[C@@H]2C[C@H]1C(=O)N2c1cc(-c2ccccc2)ccc1OC. The summed E-state index contributed by atoms with van der Waals surface area (Å²) in [6.45, 7) is 4.63. The normalized spacial score (nSPS) is 20.9. The second-order valence-electron chi connectivity index (χ2n) is 7.97. The van der Waals surface area contributed by atoms with Gasteiger partial charge in [-0.25, -0.2) is 4.98 Å². The Labute approximate surface area is 176 Å². The van der Waals surface area contributed by atoms with Gasteiger partial charge in [0.1, 0.15) is 5.75 Å². The number of ether oxygens (including phenoxy) is 1. The fraction of sp³-hybridized carbons (Fsp3) is 0.333. The first-order chi connectivity index (χ1) is 14.7. The van der Waals surface area contributed by atoms with Gasteiger partial charge in [0.25, 0.3) is 0 Å². The molecule has 2 aliphatic rings. The van der Waals surface area contributed by atoms with Crippen LogP contribution in [0.4, 0.5) is 5.69 Å². The summed E-state index contributed by atoms with van der Waals surface area (Å²) >= 11 is 0. The molecule has 3 heterocycles. The highest BCUT2D eigenvalue weighted by molar-refractivity contribution is 6.03. The van der Waals surface area contributed by atoms with Gasteiger partial charge < -0.3 is 14.2 Å². The van der Waals surface area contributed by atoms with Gasteiger partial charge in [0.2, 0.25) is 5.91 Å². The molecule has 2 bridgehead atoms. The molecule has 6 nitrogen and oxygen atoms in total. The third-order valence-electron chi connectivity index (χ3n) is 6.32. The molecule has 0 spiro atoms. The highest BCUT2D eigenvalue weighted by Gasteiger charge is 2.50. The summed E-state index contributed by atoms with van der Waals surface area (Å²) in [5.74, 6) is 0.906. The number of rotatable bonds is 6. The van der Waals surface area contributed by atoms with Gasteiger partial charge in [-0.05, 0) is 36.6 Å². The van der Waals surface area contributed by atoms with Crippen LogP contribution in [-0.2, 0) is 17.9 Å². The number of amides is 1. The molecule has 3 aromatic rings. The van der Waals surface area contributed by atoms with Crippen LogP contribution in [0.3, 0.4) is 0 Å². The minimum Gasteiger partial charge on any atom is -0.495 e. The van der Waals surface area contributed by atoms with E-state index in [1.54, 1.807) is 7.11 Å². The molecule has 2 saturated heterocycles. The molecule has 1 amide bonds. The van der Waals surface area contributed by atoms with Crippen LogP contribution in [0.25, 0.3) is 11.1 Å². The van der Waals surface area contributed by atoms with Gasteiger partial charge >= 0.3 is 0 Å². The smallest absolute Gasteiger partial charge is 0.244 e. The number of hydrogen-bond acceptors (Lipinski definition) is 4. The van der Waals surface area contributed by atoms with E-state index in [1.165, 1.54) is 0 Å². The Morgan fingerprint density at radius 1 is 1.13 bits per heavy atom. The molecule has 30 heavy (non-hydrogen) atoms. The highest BCUT2D eigenvalue weighted by atomic mass is 16.5. The van der Waals surface area contributed by atoms with Crippen molar-refractivity contribution in [1.82, 2.24) is 14.5 Å². The number of benzene rings is 2. The molecule has 2 fully saturated rings. The molecule has 154 valence electrons. The molecule has 2 aromatic carbocycles. The van der Waals surface area contributed by atoms with Crippen molar-refractivity contribution in [2.24, 2.45) is 0 Å². The quantitative estimate of drug-likeness (QED) is 0.633. The maximum absolute atomic E-state index is 13.4. The maximum Gasteiger partial charge on any atom is 0.244 e. The summed E-state index contributed by atoms with van der Waals surface area (Å²) in [7, 11) is 1.66. The average Bonchev–Trinajstić information content (AvgIpc) is 3.49. The van der Waals surface area contributed by atoms with E-state index in [1.807, 2.05) is 41.7 Å². The molecule has 0 aliphatic carbocycles. The van der Waals surface area contributed by atoms with Crippen LogP contribution in [0.2, 0.25) is 0 Å². The molecule has 2 aliphatic heterocycles. The monoisotopic (exact) mass is 402 g/mol. The third kappa shape index (κ3) is 3.08. The van der Waals surface area contributed by atoms with E-state index in [0.29, 0.717) is 0 Å². The number of carbonyl (C=O) groups is 1. The topological polar surface area (TPSA) is 50.6 Å². The zero-order valence-corrected chi connectivity index (χ0v) is 17.4. The van der Waals surface area contributed by atoms with E-state index in [2.05, 4.69) is 45.6 Å². The van der Waals surface area contributed by atoms with Gasteiger partial charge in [0.15, 0.2) is 0 Å². The number of nitrogens with zero attached hydrogens (tertiary/aromatic N) is 4. The van der Waals surface area contributed by atoms with Gasteiger partial charge in [0.05, 0.1) is 36.9 Å². The lowest BCUT2D eigenvalue weighted by Crippen LogP contribution is -2.50. The zero-order valence-electron chi connectivity index (χ0n) is 17.4. The molecule has 1 aromatic heterocycles. The van der Waals surface area contributed by atoms with Gasteiger partial charge in [-0.2, -0.15) is 0 Å². The average molecular weight is 402 g/mol. The van der Waals surface area contributed by atoms with Crippen molar-refractivity contribution in [3.63, 3.8) is 0 Å². The molecule has 0 unspecified atom stereocenters. The molecule has 2 atom stereocenters. The number of likely N-dealkylation sites (tertiary alicyclic amines) is 1. The van der Waals surface area contributed by atoms with Crippen LogP contribution in [0.15, 0.2) is 61.1 Å². The standard InChI is InChI=1S/C24H26N4O2/c1-3-26-16-25-13-20(26)15-27-14-19-12-22(27)24(29)28(19)21-11-18(9-10-23(21)30-2)17-7-5-4-6-8-17/h4-11,13,16,19,22H,3,12,14-15H2,1-2H3/t19-,22-/m0/s1. The Balaban J connectivity index is 1.42. The number of fused-ring (bicyclic) bond motifs is 2. The van der Waals surface area contributed by atoms with Gasteiger partial charge in [-0.1, -0.05) is 36.4 Å². The summed E-state index contributed by atoms with van der Waals surface area (Å²) in [4.78, 5) is 21.9. The first-order valence-corrected chi connectivity index (χ1v) is 10.5. The van der Waals surface area contributed by atoms with Crippen molar-refractivity contribution in [2.75, 3.05) is 18.6 Å². The summed E-state index contributed by atoms with van der Waals surface area (Å²) in [5, 5.41) is 0. The van der Waals surface area contributed by atoms with Gasteiger partial charge in [-0.3, -0.25) is 9.69 Å². The molecule has 0 saturated carbocycles. The maximum atomic E-state index is 13.4. The Kier molecular flexibility index (Phi) is 4.79. The lowest BCUT2D eigenvalue weighted by molar-refractivity contribution is -0.122. The third-order valence-corrected chi connectivity index (χ3v) is 6.32. The number of carbonyl (C=O) groups excluding carboxylic acids is 1. The molecular weight excluding hydrogens is 376 g/mol. The van der Waals surface area contributed by atoms with Crippen LogP contribution in [-0.4, -0.2) is 46.1 Å². The molecule has 5 rings (SSSR count). The van der Waals surface area contributed by atoms with E-state index in [4.69, 9.17) is 4.74 Å². The van der Waals surface area contributed by atoms with Crippen molar-refractivity contribution in [3.05, 3.63) is 66.7 Å². The van der Waals surface area contributed by atoms with Crippen LogP contribution in [0.1, 0.15) is 19.0 Å². The van der Waals surface area contributed by atoms with Crippen LogP contribution in [0.5, 0.6) is 5.75 Å². The van der Waals surface area contributed by atoms with Crippen molar-refractivity contribution in [1.29, 1.82) is 0 Å². The molecule has 0 N–H and O–H groups in total. The Morgan fingerprint density at radius 2 is 1.97 bits per heavy atom. The predicted molar refractivity (Wildman–Crippen MR) is 116 cm³/mol. The number of aryl methyl sites for hydroxylation is 1. The summed E-state index contributed by atoms with van der Waals surface area (Å²) < 4.78 is 7.77. The number of anilines is 1. The number of methoxy groups -OCH3 is 1. The Hall–Kier alpha value is -3.12. The van der Waals surface area contributed by atoms with Gasteiger partial charge in [0, 0.05) is 25.8 Å². The predicted octanol–water partition coefficient (Wildman–Crippen LogP) is 3.57. The largest absolute Gasteiger partial charge is 0.495 e. The van der Waals surface area contributed by atoms with E-state index in [-0.39, 0.29) is 18.0 Å². The summed E-state index contributed by atoms with van der Waals surface area (Å²) in [6.07, 6.45) is 4.62. The van der Waals surface area contributed by atoms with Crippen LogP contribution < -0.4 is 9.64 Å². The zero-order chi connectivity index (χ0) is 20.7. The first-order valence-electron chi connectivity index (χ1n) is 10.5. The first kappa shape index (κ1) is 18.9. The second-order valence-corrected chi connectivity index (χ2v) is 7.97. The van der Waals surface area contributed by atoms with Gasteiger partial charge in [-0.15, -0.1) is 0 Å². The van der Waals surface area contributed by atoms with Crippen LogP contribution in [0, 0.1) is 0 Å². The minimum atomic E-state index is -0.0831. The fourth-order valence-electron chi connectivity index (χ4n) is 4.82. The number of hydrogen-bond donors (Lipinski definition) is 0. The molecule has 6 heteroatoms. The van der Waals surface area contributed by atoms with Crippen molar-refractivity contribution >= 4 is 11.6 Å². The summed E-state index contributed by atoms with van der Waals surface area (Å²) in [5.41, 5.74) is 4.25. The lowest BCUT2D eigenvalue weighted by atomic mass is 10.0. The van der Waals surface area contributed by atoms with E-state index >= 15 is 0 Å². The Bertz CT molecular complexity index is 1060. The minimum absolute atomic E-state index is 0.0831. The molecular formula is C24H26N4O2. The van der Waals surface area contributed by atoms with Crippen molar-refractivity contribution in [3.8, 4) is 16.9 Å². The number of imidazole rings is 1. The molecule has 0 radical (unpaired) electrons. The Morgan fingerprint density at radius 3 is 2.70 bits per heavy atom. The fourth-order valence-corrected chi connectivity index (χ4v) is 4.82. The van der Waals surface area contributed by atoms with Crippen LogP contribution >= 0.6 is 0 Å². The van der Waals surface area contributed by atoms with Crippen molar-refractivity contribution in [2.45, 2.75) is 38.5 Å². The van der Waals surface area contributed by atoms with E-state index in [9.17, 15) is 4.79 Å². The summed E-state index contributed by atoms with van der Waals surface area (Å²) in [6, 6.07) is 16.4. The van der Waals surface area contributed by atoms with E-state index < -0.39 is 0 Å². The lowest BCUT2D eigenvalue weighted by Gasteiger charge is -2.34. The van der Waals surface area contributed by atoms with E-state index in [0.717, 1.165) is 54.3 Å².